The SMILES string of the molecule is CCOC(=O)C1([C@@H]2CCN(S)C2)CC1. The van der Waals surface area contributed by atoms with E-state index < -0.39 is 0 Å². The first-order valence-corrected chi connectivity index (χ1v) is 5.70. The lowest BCUT2D eigenvalue weighted by Gasteiger charge is -2.20. The zero-order chi connectivity index (χ0) is 10.2. The molecule has 4 heteroatoms. The Balaban J connectivity index is 1.98. The molecule has 14 heavy (non-hydrogen) atoms. The highest BCUT2D eigenvalue weighted by Crippen LogP contribution is 2.55. The van der Waals surface area contributed by atoms with Crippen LogP contribution in [0.5, 0.6) is 0 Å². The van der Waals surface area contributed by atoms with E-state index in [1.807, 2.05) is 11.2 Å². The molecule has 1 heterocycles. The largest absolute Gasteiger partial charge is 0.466 e. The molecule has 1 atom stereocenters. The van der Waals surface area contributed by atoms with Crippen molar-refractivity contribution < 1.29 is 9.53 Å². The van der Waals surface area contributed by atoms with E-state index in [0.717, 1.165) is 32.4 Å². The van der Waals surface area contributed by atoms with E-state index in [9.17, 15) is 4.79 Å². The Hall–Kier alpha value is -0.220. The second-order valence-corrected chi connectivity index (χ2v) is 4.84. The molecular formula is C10H17NO2S. The third-order valence-corrected chi connectivity index (χ3v) is 3.78. The number of nitrogens with zero attached hydrogens (tertiary/aromatic N) is 1. The number of carbonyl (C=O) groups is 1. The van der Waals surface area contributed by atoms with Crippen LogP contribution < -0.4 is 0 Å². The molecule has 0 amide bonds. The lowest BCUT2D eigenvalue weighted by Crippen LogP contribution is -2.28. The van der Waals surface area contributed by atoms with Gasteiger partial charge in [0.15, 0.2) is 0 Å². The summed E-state index contributed by atoms with van der Waals surface area (Å²) in [7, 11) is 0. The van der Waals surface area contributed by atoms with Crippen molar-refractivity contribution in [2.75, 3.05) is 19.7 Å². The van der Waals surface area contributed by atoms with Gasteiger partial charge < -0.3 is 4.74 Å². The first-order chi connectivity index (χ1) is 6.69. The minimum atomic E-state index is -0.131. The summed E-state index contributed by atoms with van der Waals surface area (Å²) in [5.74, 6) is 0.493. The fourth-order valence-electron chi connectivity index (χ4n) is 2.38. The topological polar surface area (TPSA) is 29.5 Å². The minimum absolute atomic E-state index is 0.0219. The quantitative estimate of drug-likeness (QED) is 0.571. The van der Waals surface area contributed by atoms with E-state index in [4.69, 9.17) is 4.74 Å². The van der Waals surface area contributed by atoms with Crippen LogP contribution in [0.1, 0.15) is 26.2 Å². The Kier molecular flexibility index (Phi) is 2.75. The molecular weight excluding hydrogens is 198 g/mol. The second kappa shape index (κ2) is 3.74. The van der Waals surface area contributed by atoms with Gasteiger partial charge in [0.05, 0.1) is 12.0 Å². The second-order valence-electron chi connectivity index (χ2n) is 4.27. The molecule has 3 nitrogen and oxygen atoms in total. The van der Waals surface area contributed by atoms with E-state index >= 15 is 0 Å². The Labute approximate surface area is 90.3 Å². The smallest absolute Gasteiger partial charge is 0.312 e. The van der Waals surface area contributed by atoms with Gasteiger partial charge in [-0.25, -0.2) is 0 Å². The zero-order valence-corrected chi connectivity index (χ0v) is 9.43. The monoisotopic (exact) mass is 215 g/mol. The summed E-state index contributed by atoms with van der Waals surface area (Å²) in [6, 6.07) is 0. The summed E-state index contributed by atoms with van der Waals surface area (Å²) in [6.07, 6.45) is 3.11. The minimum Gasteiger partial charge on any atom is -0.466 e. The number of ether oxygens (including phenoxy) is 1. The zero-order valence-electron chi connectivity index (χ0n) is 8.53. The Morgan fingerprint density at radius 2 is 2.36 bits per heavy atom. The number of hydrogen-bond acceptors (Lipinski definition) is 4. The van der Waals surface area contributed by atoms with E-state index in [1.165, 1.54) is 0 Å². The van der Waals surface area contributed by atoms with Gasteiger partial charge in [0.1, 0.15) is 0 Å². The molecule has 0 spiro atoms. The van der Waals surface area contributed by atoms with Crippen LogP contribution in [0.4, 0.5) is 0 Å². The molecule has 1 aliphatic carbocycles. The van der Waals surface area contributed by atoms with Gasteiger partial charge in [-0.1, -0.05) is 12.8 Å². The molecule has 0 bridgehead atoms. The van der Waals surface area contributed by atoms with E-state index in [1.54, 1.807) is 0 Å². The maximum atomic E-state index is 11.8. The van der Waals surface area contributed by atoms with Crippen molar-refractivity contribution >= 4 is 18.8 Å². The predicted octanol–water partition coefficient (Wildman–Crippen LogP) is 1.50. The molecule has 2 fully saturated rings. The number of hydrogen-bond donors (Lipinski definition) is 1. The van der Waals surface area contributed by atoms with Crippen molar-refractivity contribution in [3.8, 4) is 0 Å². The van der Waals surface area contributed by atoms with Gasteiger partial charge in [-0.3, -0.25) is 9.10 Å². The fraction of sp³-hybridized carbons (Fsp3) is 0.900. The number of carbonyl (C=O) groups excluding carboxylic acids is 1. The summed E-state index contributed by atoms with van der Waals surface area (Å²) >= 11 is 4.31. The standard InChI is InChI=1S/C10H17NO2S/c1-2-13-9(12)10(4-5-10)8-3-6-11(14)7-8/h8,14H,2-7H2,1H3/t8-/m1/s1. The average molecular weight is 215 g/mol. The fourth-order valence-corrected chi connectivity index (χ4v) is 2.69. The first-order valence-electron chi connectivity index (χ1n) is 5.30. The maximum absolute atomic E-state index is 11.8. The first kappa shape index (κ1) is 10.3. The van der Waals surface area contributed by atoms with Gasteiger partial charge in [0, 0.05) is 13.1 Å². The summed E-state index contributed by atoms with van der Waals surface area (Å²) in [5, 5.41) is 0. The molecule has 0 aromatic rings. The normalized spacial score (nSPS) is 30.3. The number of esters is 1. The molecule has 1 saturated carbocycles. The molecule has 0 aromatic carbocycles. The predicted molar refractivity (Wildman–Crippen MR) is 57.0 cm³/mol. The van der Waals surface area contributed by atoms with Crippen LogP contribution in [-0.2, 0) is 9.53 Å². The Morgan fingerprint density at radius 1 is 1.64 bits per heavy atom. The van der Waals surface area contributed by atoms with E-state index in [2.05, 4.69) is 12.8 Å². The number of rotatable bonds is 3. The molecule has 1 saturated heterocycles. The molecule has 0 aromatic heterocycles. The highest BCUT2D eigenvalue weighted by molar-refractivity contribution is 7.77. The molecule has 0 unspecified atom stereocenters. The van der Waals surface area contributed by atoms with Gasteiger partial charge >= 0.3 is 5.97 Å². The third-order valence-electron chi connectivity index (χ3n) is 3.42. The third kappa shape index (κ3) is 1.65. The van der Waals surface area contributed by atoms with E-state index in [0.29, 0.717) is 12.5 Å². The van der Waals surface area contributed by atoms with Crippen molar-refractivity contribution in [3.63, 3.8) is 0 Å². The van der Waals surface area contributed by atoms with Crippen LogP contribution in [0.25, 0.3) is 0 Å². The van der Waals surface area contributed by atoms with Crippen LogP contribution in [0.15, 0.2) is 0 Å². The van der Waals surface area contributed by atoms with Crippen LogP contribution in [-0.4, -0.2) is 30.0 Å². The van der Waals surface area contributed by atoms with Crippen molar-refractivity contribution in [1.29, 1.82) is 0 Å². The summed E-state index contributed by atoms with van der Waals surface area (Å²) in [6.45, 7) is 4.29. The van der Waals surface area contributed by atoms with Crippen LogP contribution in [0.2, 0.25) is 0 Å². The van der Waals surface area contributed by atoms with Gasteiger partial charge in [-0.2, -0.15) is 0 Å². The highest BCUT2D eigenvalue weighted by Gasteiger charge is 2.57. The van der Waals surface area contributed by atoms with Crippen molar-refractivity contribution in [3.05, 3.63) is 0 Å². The highest BCUT2D eigenvalue weighted by atomic mass is 32.1. The summed E-state index contributed by atoms with van der Waals surface area (Å²) in [5.41, 5.74) is -0.131. The number of thiol groups is 1. The summed E-state index contributed by atoms with van der Waals surface area (Å²) < 4.78 is 7.14. The lowest BCUT2D eigenvalue weighted by molar-refractivity contribution is -0.151. The van der Waals surface area contributed by atoms with E-state index in [-0.39, 0.29) is 11.4 Å². The lowest BCUT2D eigenvalue weighted by atomic mass is 9.88. The Morgan fingerprint density at radius 3 is 2.79 bits per heavy atom. The molecule has 2 rings (SSSR count). The van der Waals surface area contributed by atoms with Crippen LogP contribution in [0.3, 0.4) is 0 Å². The van der Waals surface area contributed by atoms with Crippen molar-refractivity contribution in [1.82, 2.24) is 4.31 Å². The van der Waals surface area contributed by atoms with Crippen LogP contribution >= 0.6 is 12.8 Å². The Bertz CT molecular complexity index is 240. The van der Waals surface area contributed by atoms with Gasteiger partial charge in [-0.15, -0.1) is 0 Å². The van der Waals surface area contributed by atoms with Crippen molar-refractivity contribution in [2.45, 2.75) is 26.2 Å². The molecule has 2 aliphatic rings. The van der Waals surface area contributed by atoms with Gasteiger partial charge in [0.2, 0.25) is 0 Å². The molecule has 0 N–H and O–H groups in total. The average Bonchev–Trinajstić information content (AvgIpc) is 2.85. The van der Waals surface area contributed by atoms with Crippen molar-refractivity contribution in [2.24, 2.45) is 11.3 Å². The maximum Gasteiger partial charge on any atom is 0.312 e. The van der Waals surface area contributed by atoms with Gasteiger partial charge in [-0.05, 0) is 32.1 Å². The van der Waals surface area contributed by atoms with Crippen LogP contribution in [0, 0.1) is 11.3 Å². The van der Waals surface area contributed by atoms with Gasteiger partial charge in [0.25, 0.3) is 0 Å². The molecule has 0 radical (unpaired) electrons. The molecule has 1 aliphatic heterocycles. The summed E-state index contributed by atoms with van der Waals surface area (Å²) in [4.78, 5) is 11.8. The molecule has 80 valence electrons.